The highest BCUT2D eigenvalue weighted by Crippen LogP contribution is 2.31. The van der Waals surface area contributed by atoms with Crippen molar-refractivity contribution in [3.8, 4) is 36.2 Å². The van der Waals surface area contributed by atoms with Crippen LogP contribution in [0.4, 0.5) is 0 Å². The zero-order valence-electron chi connectivity index (χ0n) is 31.2. The zero-order chi connectivity index (χ0) is 37.5. The molecule has 49 heavy (non-hydrogen) atoms. The molecule has 0 saturated heterocycles. The second-order valence-corrected chi connectivity index (χ2v) is 12.7. The molecule has 0 radical (unpaired) electrons. The predicted molar refractivity (Wildman–Crippen MR) is 208 cm³/mol. The average molecular weight is 661 g/mol. The van der Waals surface area contributed by atoms with E-state index in [1.807, 2.05) is 53.7 Å². The molecule has 2 rings (SSSR count). The predicted octanol–water partition coefficient (Wildman–Crippen LogP) is 11.4. The highest BCUT2D eigenvalue weighted by atomic mass is 16.5. The van der Waals surface area contributed by atoms with Gasteiger partial charge in [0, 0.05) is 5.56 Å². The molecular weight excluding hydrogens is 604 g/mol. The molecule has 0 bridgehead atoms. The third kappa shape index (κ3) is 17.1. The summed E-state index contributed by atoms with van der Waals surface area (Å²) in [6.07, 6.45) is 25.9. The fourth-order valence-electron chi connectivity index (χ4n) is 4.59. The standard InChI is InChI=1S/C22H27NO.C18H24O2.C4H5N/c1-8-11-12-13-18-14-17(4)20(16-19(9-2)23-7)21(15-18)24-22(5,6)10-3;1-6-8-9-10-15-11-14(3)16(13-19)17(12-15)20-18(4,5)7-2;1-3-4-5-2/h3,9,14-16H,2,8,11-13H2,1,4-6H3;2,11-13H,6,8-10H2,1,3-5H3;3H,1,4H2. The number of hydrogen-bond acceptors (Lipinski definition) is 3. The van der Waals surface area contributed by atoms with Crippen LogP contribution in [-0.2, 0) is 12.8 Å². The Hall–Kier alpha value is -4.97. The summed E-state index contributed by atoms with van der Waals surface area (Å²) in [5.74, 6) is 6.58. The lowest BCUT2D eigenvalue weighted by molar-refractivity contribution is 0.111. The number of hydrogen-bond donors (Lipinski definition) is 0. The van der Waals surface area contributed by atoms with Crippen LogP contribution in [0.1, 0.15) is 118 Å². The minimum atomic E-state index is -0.716. The topological polar surface area (TPSA) is 44.2 Å². The molecule has 0 heterocycles. The van der Waals surface area contributed by atoms with Crippen molar-refractivity contribution in [2.75, 3.05) is 6.54 Å². The van der Waals surface area contributed by atoms with E-state index in [1.54, 1.807) is 12.2 Å². The van der Waals surface area contributed by atoms with Crippen LogP contribution in [0.3, 0.4) is 0 Å². The van der Waals surface area contributed by atoms with Gasteiger partial charge in [-0.1, -0.05) is 76.2 Å². The minimum Gasteiger partial charge on any atom is -0.475 e. The monoisotopic (exact) mass is 660 g/mol. The molecule has 5 nitrogen and oxygen atoms in total. The maximum Gasteiger partial charge on any atom is 0.232 e. The first-order chi connectivity index (χ1) is 23.2. The van der Waals surface area contributed by atoms with Gasteiger partial charge in [0.2, 0.25) is 6.54 Å². The molecule has 0 saturated carbocycles. The van der Waals surface area contributed by atoms with Gasteiger partial charge in [-0.3, -0.25) is 4.79 Å². The van der Waals surface area contributed by atoms with Gasteiger partial charge in [0.25, 0.3) is 0 Å². The van der Waals surface area contributed by atoms with E-state index < -0.39 is 11.2 Å². The van der Waals surface area contributed by atoms with E-state index >= 15 is 0 Å². The first-order valence-corrected chi connectivity index (χ1v) is 16.9. The number of rotatable bonds is 16. The van der Waals surface area contributed by atoms with Gasteiger partial charge in [-0.15, -0.1) is 19.4 Å². The summed E-state index contributed by atoms with van der Waals surface area (Å²) in [6.45, 7) is 36.6. The molecule has 2 aromatic carbocycles. The summed E-state index contributed by atoms with van der Waals surface area (Å²) in [6, 6.07) is 8.24. The lowest BCUT2D eigenvalue weighted by Crippen LogP contribution is -2.26. The number of carbonyl (C=O) groups excluding carboxylic acids is 1. The first kappa shape index (κ1) is 44.0. The molecule has 0 aliphatic rings. The maximum absolute atomic E-state index is 11.3. The van der Waals surface area contributed by atoms with Gasteiger partial charge in [0.05, 0.1) is 12.1 Å². The van der Waals surface area contributed by atoms with Crippen LogP contribution in [0.25, 0.3) is 15.8 Å². The number of aldehydes is 1. The normalized spacial score (nSPS) is 10.7. The van der Waals surface area contributed by atoms with Crippen LogP contribution in [0, 0.1) is 51.7 Å². The van der Waals surface area contributed by atoms with Gasteiger partial charge in [0.1, 0.15) is 11.5 Å². The Kier molecular flexibility index (Phi) is 21.0. The van der Waals surface area contributed by atoms with Gasteiger partial charge in [-0.2, -0.15) is 0 Å². The van der Waals surface area contributed by atoms with Crippen molar-refractivity contribution in [3.63, 3.8) is 0 Å². The summed E-state index contributed by atoms with van der Waals surface area (Å²) in [5, 5.41) is 0. The quantitative estimate of drug-likeness (QED) is 0.0449. The summed E-state index contributed by atoms with van der Waals surface area (Å²) >= 11 is 0. The number of allylic oxidation sites excluding steroid dienone is 1. The highest BCUT2D eigenvalue weighted by molar-refractivity contribution is 5.82. The molecule has 0 amide bonds. The van der Waals surface area contributed by atoms with Crippen molar-refractivity contribution >= 4 is 12.4 Å². The Balaban J connectivity index is 0.000000835. The smallest absolute Gasteiger partial charge is 0.232 e. The number of aryl methyl sites for hydroxylation is 4. The van der Waals surface area contributed by atoms with Crippen molar-refractivity contribution in [3.05, 3.63) is 111 Å². The molecule has 0 aliphatic heterocycles. The van der Waals surface area contributed by atoms with Crippen LogP contribution in [0.2, 0.25) is 0 Å². The van der Waals surface area contributed by atoms with E-state index in [-0.39, 0.29) is 0 Å². The van der Waals surface area contributed by atoms with E-state index in [0.29, 0.717) is 23.6 Å². The van der Waals surface area contributed by atoms with E-state index in [1.165, 1.54) is 36.8 Å². The molecule has 0 unspecified atom stereocenters. The van der Waals surface area contributed by atoms with E-state index in [0.717, 1.165) is 54.4 Å². The summed E-state index contributed by atoms with van der Waals surface area (Å²) in [7, 11) is 0. The number of nitrogens with zero attached hydrogens (tertiary/aromatic N) is 2. The van der Waals surface area contributed by atoms with Crippen LogP contribution in [-0.4, -0.2) is 24.0 Å². The lowest BCUT2D eigenvalue weighted by atomic mass is 9.98. The molecule has 0 aromatic heterocycles. The Morgan fingerprint density at radius 2 is 1.27 bits per heavy atom. The summed E-state index contributed by atoms with van der Waals surface area (Å²) in [5.41, 5.74) is 5.01. The fourth-order valence-corrected chi connectivity index (χ4v) is 4.59. The fraction of sp³-hybridized carbons (Fsp3) is 0.432. The van der Waals surface area contributed by atoms with E-state index in [2.05, 4.69) is 66.7 Å². The Morgan fingerprint density at radius 3 is 1.59 bits per heavy atom. The summed E-state index contributed by atoms with van der Waals surface area (Å²) in [4.78, 5) is 17.7. The van der Waals surface area contributed by atoms with Crippen LogP contribution in [0.15, 0.2) is 55.3 Å². The lowest BCUT2D eigenvalue weighted by Gasteiger charge is -2.23. The maximum atomic E-state index is 11.3. The third-order valence-electron chi connectivity index (χ3n) is 7.35. The molecule has 5 heteroatoms. The van der Waals surface area contributed by atoms with Crippen LogP contribution < -0.4 is 9.47 Å². The van der Waals surface area contributed by atoms with E-state index in [4.69, 9.17) is 35.5 Å². The number of benzene rings is 2. The molecule has 0 N–H and O–H groups in total. The highest BCUT2D eigenvalue weighted by Gasteiger charge is 2.20. The first-order valence-electron chi connectivity index (χ1n) is 16.9. The Bertz CT molecular complexity index is 1580. The SMILES string of the molecule is C#CC(C)(C)Oc1cc(CCCCC)cc(C)c1C=O.[C-]#[N+]C(C=C)=Cc1c(C)cc(CCCCC)cc1OC(C)(C)C#C.[C-]#[N+]CC=C. The molecule has 0 aliphatic carbocycles. The Morgan fingerprint density at radius 1 is 0.816 bits per heavy atom. The summed E-state index contributed by atoms with van der Waals surface area (Å²) < 4.78 is 11.9. The second kappa shape index (κ2) is 23.4. The molecule has 0 atom stereocenters. The number of carbonyl (C=O) groups is 1. The van der Waals surface area contributed by atoms with Gasteiger partial charge in [-0.05, 0) is 114 Å². The van der Waals surface area contributed by atoms with Crippen LogP contribution >= 0.6 is 0 Å². The van der Waals surface area contributed by atoms with Gasteiger partial charge >= 0.3 is 0 Å². The second-order valence-electron chi connectivity index (χ2n) is 12.7. The average Bonchev–Trinajstić information content (AvgIpc) is 3.05. The molecule has 2 aromatic rings. The van der Waals surface area contributed by atoms with Crippen molar-refractivity contribution in [1.82, 2.24) is 0 Å². The van der Waals surface area contributed by atoms with Crippen molar-refractivity contribution in [2.24, 2.45) is 0 Å². The number of terminal acetylenes is 2. The molecule has 0 fully saturated rings. The number of ether oxygens (including phenoxy) is 2. The third-order valence-corrected chi connectivity index (χ3v) is 7.35. The van der Waals surface area contributed by atoms with Gasteiger partial charge < -0.3 is 14.3 Å². The molecule has 260 valence electrons. The van der Waals surface area contributed by atoms with Crippen LogP contribution in [0.5, 0.6) is 11.5 Å². The van der Waals surface area contributed by atoms with Crippen molar-refractivity contribution in [1.29, 1.82) is 0 Å². The Labute approximate surface area is 298 Å². The van der Waals surface area contributed by atoms with Crippen molar-refractivity contribution in [2.45, 2.75) is 118 Å². The minimum absolute atomic E-state index is 0.444. The largest absolute Gasteiger partial charge is 0.475 e. The van der Waals surface area contributed by atoms with E-state index in [9.17, 15) is 4.79 Å². The van der Waals surface area contributed by atoms with Crippen molar-refractivity contribution < 1.29 is 14.3 Å². The number of unbranched alkanes of at least 4 members (excludes halogenated alkanes) is 4. The molecule has 0 spiro atoms. The molecular formula is C44H56N2O3. The van der Waals surface area contributed by atoms with Gasteiger partial charge in [-0.25, -0.2) is 11.4 Å². The zero-order valence-corrected chi connectivity index (χ0v) is 31.2. The van der Waals surface area contributed by atoms with Gasteiger partial charge in [0.15, 0.2) is 23.2 Å².